The lowest BCUT2D eigenvalue weighted by Gasteiger charge is -2.30. The molecule has 106 valence electrons. The predicted octanol–water partition coefficient (Wildman–Crippen LogP) is 2.22. The maximum absolute atomic E-state index is 9.59. The molecule has 0 saturated carbocycles. The largest absolute Gasteiger partial charge is 0.493 e. The zero-order chi connectivity index (χ0) is 13.8. The molecule has 1 heterocycles. The van der Waals surface area contributed by atoms with Crippen molar-refractivity contribution in [2.75, 3.05) is 27.2 Å². The fourth-order valence-corrected chi connectivity index (χ4v) is 2.44. The fourth-order valence-electron chi connectivity index (χ4n) is 2.44. The third kappa shape index (κ3) is 3.61. The van der Waals surface area contributed by atoms with Gasteiger partial charge in [0.25, 0.3) is 0 Å². The van der Waals surface area contributed by atoms with Gasteiger partial charge in [-0.3, -0.25) is 0 Å². The van der Waals surface area contributed by atoms with E-state index in [2.05, 4.69) is 11.9 Å². The minimum Gasteiger partial charge on any atom is -0.493 e. The lowest BCUT2D eigenvalue weighted by Crippen LogP contribution is -2.38. The number of aliphatic hydroxyl groups excluding tert-OH is 1. The van der Waals surface area contributed by atoms with Gasteiger partial charge in [-0.25, -0.2) is 0 Å². The van der Waals surface area contributed by atoms with Gasteiger partial charge in [-0.2, -0.15) is 0 Å². The average molecular weight is 265 g/mol. The monoisotopic (exact) mass is 265 g/mol. The van der Waals surface area contributed by atoms with E-state index >= 15 is 0 Å². The summed E-state index contributed by atoms with van der Waals surface area (Å²) in [6, 6.07) is 5.61. The van der Waals surface area contributed by atoms with Crippen LogP contribution in [-0.2, 0) is 0 Å². The van der Waals surface area contributed by atoms with E-state index in [4.69, 9.17) is 9.47 Å². The number of hydrogen-bond donors (Lipinski definition) is 1. The molecule has 1 aromatic rings. The third-order valence-corrected chi connectivity index (χ3v) is 3.54. The Morgan fingerprint density at radius 3 is 2.79 bits per heavy atom. The van der Waals surface area contributed by atoms with E-state index in [1.165, 1.54) is 0 Å². The van der Waals surface area contributed by atoms with E-state index in [9.17, 15) is 5.11 Å². The van der Waals surface area contributed by atoms with Gasteiger partial charge in [-0.15, -0.1) is 0 Å². The second-order valence-electron chi connectivity index (χ2n) is 5.23. The van der Waals surface area contributed by atoms with Crippen molar-refractivity contribution in [3.8, 4) is 11.5 Å². The molecule has 1 N–H and O–H groups in total. The van der Waals surface area contributed by atoms with Crippen LogP contribution in [0.2, 0.25) is 0 Å². The van der Waals surface area contributed by atoms with Crippen LogP contribution in [0.3, 0.4) is 0 Å². The average Bonchev–Trinajstić information content (AvgIpc) is 2.39. The summed E-state index contributed by atoms with van der Waals surface area (Å²) >= 11 is 0. The molecule has 1 saturated heterocycles. The second-order valence-corrected chi connectivity index (χ2v) is 5.23. The van der Waals surface area contributed by atoms with Crippen molar-refractivity contribution in [2.45, 2.75) is 32.0 Å². The summed E-state index contributed by atoms with van der Waals surface area (Å²) < 4.78 is 11.4. The van der Waals surface area contributed by atoms with Crippen LogP contribution in [0.4, 0.5) is 0 Å². The molecule has 4 heteroatoms. The molecule has 4 nitrogen and oxygen atoms in total. The minimum atomic E-state index is -0.497. The molecular formula is C15H23NO3. The quantitative estimate of drug-likeness (QED) is 0.906. The van der Waals surface area contributed by atoms with Gasteiger partial charge < -0.3 is 19.5 Å². The van der Waals surface area contributed by atoms with E-state index in [0.29, 0.717) is 5.75 Å². The van der Waals surface area contributed by atoms with Crippen molar-refractivity contribution >= 4 is 0 Å². The summed E-state index contributed by atoms with van der Waals surface area (Å²) in [6.07, 6.45) is 1.95. The fraction of sp³-hybridized carbons (Fsp3) is 0.600. The smallest absolute Gasteiger partial charge is 0.161 e. The normalized spacial score (nSPS) is 22.0. The first-order chi connectivity index (χ1) is 9.10. The van der Waals surface area contributed by atoms with Gasteiger partial charge in [0.15, 0.2) is 11.5 Å². The van der Waals surface area contributed by atoms with Crippen molar-refractivity contribution in [1.82, 2.24) is 4.90 Å². The number of benzene rings is 1. The maximum atomic E-state index is 9.59. The highest BCUT2D eigenvalue weighted by molar-refractivity contribution is 5.43. The summed E-state index contributed by atoms with van der Waals surface area (Å²) in [5.74, 6) is 1.44. The number of likely N-dealkylation sites (tertiary alicyclic amines) is 1. The number of rotatable bonds is 4. The molecule has 2 rings (SSSR count). The van der Waals surface area contributed by atoms with Crippen molar-refractivity contribution in [1.29, 1.82) is 0 Å². The standard InChI is InChI=1S/C15H23NO3/c1-11(17)12-6-7-14(15(9-12)18-3)19-13-5-4-8-16(2)10-13/h6-7,9,11,13,17H,4-5,8,10H2,1-3H3. The van der Waals surface area contributed by atoms with Crippen molar-refractivity contribution in [2.24, 2.45) is 0 Å². The highest BCUT2D eigenvalue weighted by atomic mass is 16.5. The zero-order valence-electron chi connectivity index (χ0n) is 11.9. The molecule has 0 spiro atoms. The SMILES string of the molecule is COc1cc(C(C)O)ccc1OC1CCCN(C)C1. The molecule has 19 heavy (non-hydrogen) atoms. The molecule has 2 atom stereocenters. The summed E-state index contributed by atoms with van der Waals surface area (Å²) in [6.45, 7) is 3.82. The first-order valence-electron chi connectivity index (χ1n) is 6.81. The third-order valence-electron chi connectivity index (χ3n) is 3.54. The van der Waals surface area contributed by atoms with Crippen LogP contribution in [0.5, 0.6) is 11.5 Å². The van der Waals surface area contributed by atoms with Crippen LogP contribution in [0.1, 0.15) is 31.4 Å². The van der Waals surface area contributed by atoms with Gasteiger partial charge in [-0.05, 0) is 51.1 Å². The number of likely N-dealkylation sites (N-methyl/N-ethyl adjacent to an activating group) is 1. The first kappa shape index (κ1) is 14.2. The summed E-state index contributed by atoms with van der Waals surface area (Å²) in [7, 11) is 3.74. The van der Waals surface area contributed by atoms with E-state index < -0.39 is 6.10 Å². The van der Waals surface area contributed by atoms with Crippen molar-refractivity contribution in [3.63, 3.8) is 0 Å². The van der Waals surface area contributed by atoms with Crippen molar-refractivity contribution < 1.29 is 14.6 Å². The number of ether oxygens (including phenoxy) is 2. The lowest BCUT2D eigenvalue weighted by atomic mass is 10.1. The minimum absolute atomic E-state index is 0.213. The summed E-state index contributed by atoms with van der Waals surface area (Å²) in [5.41, 5.74) is 0.838. The maximum Gasteiger partial charge on any atom is 0.161 e. The molecule has 0 amide bonds. The van der Waals surface area contributed by atoms with Gasteiger partial charge in [0.05, 0.1) is 13.2 Å². The second kappa shape index (κ2) is 6.26. The Balaban J connectivity index is 2.11. The highest BCUT2D eigenvalue weighted by Gasteiger charge is 2.20. The predicted molar refractivity (Wildman–Crippen MR) is 74.8 cm³/mol. The van der Waals surface area contributed by atoms with E-state index in [-0.39, 0.29) is 6.10 Å². The number of aliphatic hydroxyl groups is 1. The van der Waals surface area contributed by atoms with Crippen LogP contribution in [0.15, 0.2) is 18.2 Å². The van der Waals surface area contributed by atoms with Gasteiger partial charge in [0.2, 0.25) is 0 Å². The molecule has 0 aromatic heterocycles. The molecule has 1 fully saturated rings. The summed E-state index contributed by atoms with van der Waals surface area (Å²) in [5, 5.41) is 9.59. The number of hydrogen-bond acceptors (Lipinski definition) is 4. The molecule has 0 aliphatic carbocycles. The van der Waals surface area contributed by atoms with Crippen LogP contribution < -0.4 is 9.47 Å². The number of methoxy groups -OCH3 is 1. The Bertz CT molecular complexity index is 420. The highest BCUT2D eigenvalue weighted by Crippen LogP contribution is 2.32. The number of piperidine rings is 1. The Morgan fingerprint density at radius 2 is 2.16 bits per heavy atom. The topological polar surface area (TPSA) is 41.9 Å². The van der Waals surface area contributed by atoms with Gasteiger partial charge in [-0.1, -0.05) is 6.07 Å². The van der Waals surface area contributed by atoms with Gasteiger partial charge in [0.1, 0.15) is 6.10 Å². The molecule has 0 bridgehead atoms. The van der Waals surface area contributed by atoms with Crippen LogP contribution >= 0.6 is 0 Å². The van der Waals surface area contributed by atoms with Crippen LogP contribution in [0, 0.1) is 0 Å². The zero-order valence-corrected chi connectivity index (χ0v) is 11.9. The Morgan fingerprint density at radius 1 is 1.37 bits per heavy atom. The molecule has 1 aromatic carbocycles. The lowest BCUT2D eigenvalue weighted by molar-refractivity contribution is 0.101. The molecule has 0 radical (unpaired) electrons. The van der Waals surface area contributed by atoms with Gasteiger partial charge >= 0.3 is 0 Å². The summed E-state index contributed by atoms with van der Waals surface area (Å²) in [4.78, 5) is 2.28. The Hall–Kier alpha value is -1.26. The van der Waals surface area contributed by atoms with Crippen LogP contribution in [0.25, 0.3) is 0 Å². The van der Waals surface area contributed by atoms with E-state index in [1.54, 1.807) is 14.0 Å². The van der Waals surface area contributed by atoms with E-state index in [0.717, 1.165) is 37.2 Å². The molecule has 1 aliphatic heterocycles. The van der Waals surface area contributed by atoms with Gasteiger partial charge in [0, 0.05) is 6.54 Å². The first-order valence-corrected chi connectivity index (χ1v) is 6.81. The molecule has 2 unspecified atom stereocenters. The molecular weight excluding hydrogens is 242 g/mol. The Kier molecular flexibility index (Phi) is 4.66. The van der Waals surface area contributed by atoms with E-state index in [1.807, 2.05) is 18.2 Å². The number of nitrogens with zero attached hydrogens (tertiary/aromatic N) is 1. The Labute approximate surface area is 114 Å². The van der Waals surface area contributed by atoms with Crippen LogP contribution in [-0.4, -0.2) is 43.4 Å². The van der Waals surface area contributed by atoms with Crippen molar-refractivity contribution in [3.05, 3.63) is 23.8 Å². The molecule has 1 aliphatic rings.